The Morgan fingerprint density at radius 1 is 1.44 bits per heavy atom. The van der Waals surface area contributed by atoms with E-state index in [1.807, 2.05) is 0 Å². The predicted molar refractivity (Wildman–Crippen MR) is 62.0 cm³/mol. The first-order valence-electron chi connectivity index (χ1n) is 5.06. The number of nitrogens with one attached hydrogen (secondary N) is 2. The highest BCUT2D eigenvalue weighted by Gasteiger charge is 2.29. The van der Waals surface area contributed by atoms with Gasteiger partial charge in [-0.05, 0) is 7.05 Å². The first-order chi connectivity index (χ1) is 8.35. The van der Waals surface area contributed by atoms with Gasteiger partial charge in [0.1, 0.15) is 11.6 Å². The zero-order chi connectivity index (χ0) is 13.8. The standard InChI is InChI=1S/C9H12ClF3N4O/c1-14-2-3-15-6-4-16-17(5-9(11,12)13)8(18)7(6)10/h4,14-15H,2-3,5H2,1H3. The average Bonchev–Trinajstić information content (AvgIpc) is 2.27. The summed E-state index contributed by atoms with van der Waals surface area (Å²) >= 11 is 5.68. The lowest BCUT2D eigenvalue weighted by molar-refractivity contribution is -0.143. The van der Waals surface area contributed by atoms with E-state index in [2.05, 4.69) is 15.7 Å². The van der Waals surface area contributed by atoms with E-state index in [4.69, 9.17) is 11.6 Å². The van der Waals surface area contributed by atoms with Crippen LogP contribution < -0.4 is 16.2 Å². The second kappa shape index (κ2) is 6.05. The highest BCUT2D eigenvalue weighted by molar-refractivity contribution is 6.32. The summed E-state index contributed by atoms with van der Waals surface area (Å²) in [7, 11) is 1.74. The minimum atomic E-state index is -4.51. The van der Waals surface area contributed by atoms with Gasteiger partial charge < -0.3 is 10.6 Å². The first kappa shape index (κ1) is 14.8. The lowest BCUT2D eigenvalue weighted by Gasteiger charge is -2.11. The van der Waals surface area contributed by atoms with Crippen molar-refractivity contribution in [3.05, 3.63) is 21.6 Å². The van der Waals surface area contributed by atoms with Crippen molar-refractivity contribution >= 4 is 17.3 Å². The van der Waals surface area contributed by atoms with E-state index >= 15 is 0 Å². The molecule has 0 aliphatic rings. The second-order valence-electron chi connectivity index (χ2n) is 3.48. The van der Waals surface area contributed by atoms with Gasteiger partial charge in [-0.2, -0.15) is 18.3 Å². The number of aromatic nitrogens is 2. The minimum absolute atomic E-state index is 0.218. The van der Waals surface area contributed by atoms with Crippen LogP contribution in [0.1, 0.15) is 0 Å². The largest absolute Gasteiger partial charge is 0.408 e. The topological polar surface area (TPSA) is 59.0 Å². The second-order valence-corrected chi connectivity index (χ2v) is 3.86. The van der Waals surface area contributed by atoms with Gasteiger partial charge in [-0.3, -0.25) is 4.79 Å². The quantitative estimate of drug-likeness (QED) is 0.795. The summed E-state index contributed by atoms with van der Waals surface area (Å²) < 4.78 is 36.7. The van der Waals surface area contributed by atoms with Gasteiger partial charge in [0.15, 0.2) is 0 Å². The number of hydrogen-bond donors (Lipinski definition) is 2. The van der Waals surface area contributed by atoms with Crippen molar-refractivity contribution in [2.45, 2.75) is 12.7 Å². The number of halogens is 4. The van der Waals surface area contributed by atoms with E-state index in [-0.39, 0.29) is 15.4 Å². The molecule has 9 heteroatoms. The Balaban J connectivity index is 2.88. The van der Waals surface area contributed by atoms with Gasteiger partial charge in [-0.25, -0.2) is 4.68 Å². The van der Waals surface area contributed by atoms with Gasteiger partial charge in [0, 0.05) is 13.1 Å². The van der Waals surface area contributed by atoms with Crippen LogP contribution in [0.15, 0.2) is 11.0 Å². The summed E-state index contributed by atoms with van der Waals surface area (Å²) in [5.74, 6) is 0. The van der Waals surface area contributed by atoms with Crippen molar-refractivity contribution < 1.29 is 13.2 Å². The maximum absolute atomic E-state index is 12.1. The summed E-state index contributed by atoms with van der Waals surface area (Å²) in [6.07, 6.45) is -3.41. The van der Waals surface area contributed by atoms with Gasteiger partial charge >= 0.3 is 6.18 Å². The Labute approximate surface area is 106 Å². The van der Waals surface area contributed by atoms with Crippen LogP contribution >= 0.6 is 11.6 Å². The zero-order valence-corrected chi connectivity index (χ0v) is 10.3. The van der Waals surface area contributed by atoms with Crippen LogP contribution in [0.5, 0.6) is 0 Å². The van der Waals surface area contributed by atoms with Gasteiger partial charge in [0.2, 0.25) is 0 Å². The monoisotopic (exact) mass is 284 g/mol. The van der Waals surface area contributed by atoms with E-state index in [9.17, 15) is 18.0 Å². The normalized spacial score (nSPS) is 11.6. The minimum Gasteiger partial charge on any atom is -0.381 e. The smallest absolute Gasteiger partial charge is 0.381 e. The Morgan fingerprint density at radius 2 is 2.11 bits per heavy atom. The van der Waals surface area contributed by atoms with Crippen LogP contribution in [0.2, 0.25) is 5.02 Å². The molecular weight excluding hydrogens is 273 g/mol. The van der Waals surface area contributed by atoms with Crippen LogP contribution in [-0.4, -0.2) is 36.1 Å². The number of likely N-dealkylation sites (N-methyl/N-ethyl adjacent to an activating group) is 1. The van der Waals surface area contributed by atoms with Gasteiger partial charge in [-0.1, -0.05) is 11.6 Å². The number of rotatable bonds is 5. The van der Waals surface area contributed by atoms with Gasteiger partial charge in [0.25, 0.3) is 5.56 Å². The van der Waals surface area contributed by atoms with Crippen LogP contribution in [0.25, 0.3) is 0 Å². The molecule has 1 heterocycles. The van der Waals surface area contributed by atoms with Gasteiger partial charge in [0.05, 0.1) is 11.9 Å². The molecule has 0 aliphatic carbocycles. The highest BCUT2D eigenvalue weighted by Crippen LogP contribution is 2.18. The maximum atomic E-state index is 12.1. The van der Waals surface area contributed by atoms with E-state index in [0.717, 1.165) is 6.20 Å². The zero-order valence-electron chi connectivity index (χ0n) is 9.51. The summed E-state index contributed by atoms with van der Waals surface area (Å²) in [5.41, 5.74) is -0.751. The molecule has 1 aromatic heterocycles. The lowest BCUT2D eigenvalue weighted by Crippen LogP contribution is -2.31. The molecule has 0 spiro atoms. The molecule has 0 unspecified atom stereocenters. The average molecular weight is 285 g/mol. The Bertz CT molecular complexity index is 460. The molecule has 0 saturated carbocycles. The van der Waals surface area contributed by atoms with Crippen LogP contribution in [-0.2, 0) is 6.54 Å². The Morgan fingerprint density at radius 3 is 2.67 bits per heavy atom. The fourth-order valence-electron chi connectivity index (χ4n) is 1.19. The molecule has 0 radical (unpaired) electrons. The Hall–Kier alpha value is -1.28. The number of alkyl halides is 3. The highest BCUT2D eigenvalue weighted by atomic mass is 35.5. The van der Waals surface area contributed by atoms with Crippen LogP contribution in [0, 0.1) is 0 Å². The molecule has 102 valence electrons. The molecule has 0 aliphatic heterocycles. The summed E-state index contributed by atoms with van der Waals surface area (Å²) in [6, 6.07) is 0. The summed E-state index contributed by atoms with van der Waals surface area (Å²) in [5, 5.41) is 8.77. The molecule has 0 amide bonds. The molecule has 5 nitrogen and oxygen atoms in total. The molecule has 0 saturated heterocycles. The SMILES string of the molecule is CNCCNc1cnn(CC(F)(F)F)c(=O)c1Cl. The Kier molecular flexibility index (Phi) is 4.97. The van der Waals surface area contributed by atoms with E-state index in [1.54, 1.807) is 7.05 Å². The van der Waals surface area contributed by atoms with Crippen LogP contribution in [0.4, 0.5) is 18.9 Å². The molecule has 0 fully saturated rings. The molecule has 1 aromatic rings. The molecule has 18 heavy (non-hydrogen) atoms. The maximum Gasteiger partial charge on any atom is 0.408 e. The first-order valence-corrected chi connectivity index (χ1v) is 5.44. The summed E-state index contributed by atoms with van der Waals surface area (Å²) in [4.78, 5) is 11.5. The predicted octanol–water partition coefficient (Wildman–Crippen LogP) is 1.09. The van der Waals surface area contributed by atoms with E-state index in [0.29, 0.717) is 13.1 Å². The van der Waals surface area contributed by atoms with Crippen LogP contribution in [0.3, 0.4) is 0 Å². The third-order valence-electron chi connectivity index (χ3n) is 2.00. The third kappa shape index (κ3) is 4.19. The molecule has 0 atom stereocenters. The van der Waals surface area contributed by atoms with Crippen molar-refractivity contribution in [2.75, 3.05) is 25.5 Å². The van der Waals surface area contributed by atoms with E-state index < -0.39 is 18.3 Å². The van der Waals surface area contributed by atoms with Crippen molar-refractivity contribution in [1.29, 1.82) is 0 Å². The fourth-order valence-corrected chi connectivity index (χ4v) is 1.41. The lowest BCUT2D eigenvalue weighted by atomic mass is 10.4. The van der Waals surface area contributed by atoms with Crippen molar-refractivity contribution in [3.63, 3.8) is 0 Å². The molecule has 0 bridgehead atoms. The number of nitrogens with zero attached hydrogens (tertiary/aromatic N) is 2. The molecule has 0 aromatic carbocycles. The van der Waals surface area contributed by atoms with E-state index in [1.165, 1.54) is 0 Å². The number of hydrogen-bond acceptors (Lipinski definition) is 4. The van der Waals surface area contributed by atoms with Gasteiger partial charge in [-0.15, -0.1) is 0 Å². The molecule has 1 rings (SSSR count). The summed E-state index contributed by atoms with van der Waals surface area (Å²) in [6.45, 7) is -0.370. The fraction of sp³-hybridized carbons (Fsp3) is 0.556. The third-order valence-corrected chi connectivity index (χ3v) is 2.37. The molecule has 2 N–H and O–H groups in total. The number of anilines is 1. The van der Waals surface area contributed by atoms with Crippen molar-refractivity contribution in [1.82, 2.24) is 15.1 Å². The van der Waals surface area contributed by atoms with Crippen molar-refractivity contribution in [2.24, 2.45) is 0 Å². The molecular formula is C9H12ClF3N4O. The van der Waals surface area contributed by atoms with Crippen molar-refractivity contribution in [3.8, 4) is 0 Å².